The van der Waals surface area contributed by atoms with Gasteiger partial charge in [0.2, 0.25) is 0 Å². The van der Waals surface area contributed by atoms with Crippen LogP contribution in [0.25, 0.3) is 0 Å². The van der Waals surface area contributed by atoms with Crippen molar-refractivity contribution >= 4 is 28.8 Å². The third-order valence-electron chi connectivity index (χ3n) is 2.85. The summed E-state index contributed by atoms with van der Waals surface area (Å²) in [5, 5.41) is 11.2. The van der Waals surface area contributed by atoms with Crippen LogP contribution < -0.4 is 10.6 Å². The highest BCUT2D eigenvalue weighted by atomic mass is 32.1. The molecule has 0 amide bonds. The van der Waals surface area contributed by atoms with Gasteiger partial charge in [0.05, 0.1) is 0 Å². The third kappa shape index (κ3) is 3.54. The highest BCUT2D eigenvalue weighted by Gasteiger charge is 2.04. The normalized spacial score (nSPS) is 10.2. The molecule has 1 heterocycles. The van der Waals surface area contributed by atoms with Gasteiger partial charge in [0, 0.05) is 24.5 Å². The maximum Gasteiger partial charge on any atom is 0.176 e. The Morgan fingerprint density at radius 3 is 2.68 bits per heavy atom. The molecule has 0 radical (unpaired) electrons. The van der Waals surface area contributed by atoms with Crippen LogP contribution in [0.1, 0.15) is 19.4 Å². The first-order valence-electron chi connectivity index (χ1n) is 6.42. The molecule has 19 heavy (non-hydrogen) atoms. The van der Waals surface area contributed by atoms with E-state index in [2.05, 4.69) is 28.7 Å². The lowest BCUT2D eigenvalue weighted by molar-refractivity contribution is 0.662. The van der Waals surface area contributed by atoms with Gasteiger partial charge in [-0.15, -0.1) is 0 Å². The Bertz CT molecular complexity index is 562. The monoisotopic (exact) mass is 274 g/mol. The fourth-order valence-corrected chi connectivity index (χ4v) is 2.04. The number of para-hydroxylation sites is 1. The molecule has 0 aliphatic heterocycles. The van der Waals surface area contributed by atoms with E-state index in [1.54, 1.807) is 0 Å². The summed E-state index contributed by atoms with van der Waals surface area (Å²) in [6.45, 7) is 5.02. The van der Waals surface area contributed by atoms with Crippen molar-refractivity contribution in [1.82, 2.24) is 9.78 Å². The molecule has 1 aromatic heterocycles. The quantitative estimate of drug-likeness (QED) is 0.840. The van der Waals surface area contributed by atoms with Gasteiger partial charge in [0.25, 0.3) is 0 Å². The SMILES string of the molecule is CCc1ccccc1NC(=S)Nc1ccn(CC)n1. The van der Waals surface area contributed by atoms with E-state index < -0.39 is 0 Å². The number of anilines is 2. The number of nitrogens with zero attached hydrogens (tertiary/aromatic N) is 2. The van der Waals surface area contributed by atoms with Crippen LogP contribution in [-0.4, -0.2) is 14.9 Å². The van der Waals surface area contributed by atoms with Gasteiger partial charge in [-0.05, 0) is 37.2 Å². The van der Waals surface area contributed by atoms with Gasteiger partial charge in [0.1, 0.15) is 0 Å². The minimum absolute atomic E-state index is 0.558. The first-order valence-corrected chi connectivity index (χ1v) is 6.83. The minimum Gasteiger partial charge on any atom is -0.332 e. The third-order valence-corrected chi connectivity index (χ3v) is 3.06. The molecule has 0 saturated heterocycles. The van der Waals surface area contributed by atoms with Crippen LogP contribution in [-0.2, 0) is 13.0 Å². The number of benzene rings is 1. The Labute approximate surface area is 118 Å². The fourth-order valence-electron chi connectivity index (χ4n) is 1.82. The molecule has 5 heteroatoms. The van der Waals surface area contributed by atoms with Gasteiger partial charge in [-0.25, -0.2) is 0 Å². The molecule has 0 bridgehead atoms. The van der Waals surface area contributed by atoms with Crippen LogP contribution in [0, 0.1) is 0 Å². The second kappa shape index (κ2) is 6.33. The molecule has 100 valence electrons. The Morgan fingerprint density at radius 2 is 2.00 bits per heavy atom. The van der Waals surface area contributed by atoms with Crippen LogP contribution in [0.2, 0.25) is 0 Å². The highest BCUT2D eigenvalue weighted by molar-refractivity contribution is 7.80. The van der Waals surface area contributed by atoms with E-state index in [0.29, 0.717) is 5.11 Å². The molecule has 2 N–H and O–H groups in total. The Kier molecular flexibility index (Phi) is 4.52. The molecule has 1 aromatic carbocycles. The van der Waals surface area contributed by atoms with Gasteiger partial charge in [0.15, 0.2) is 10.9 Å². The van der Waals surface area contributed by atoms with Crippen LogP contribution >= 0.6 is 12.2 Å². The second-order valence-corrected chi connectivity index (χ2v) is 4.55. The van der Waals surface area contributed by atoms with Gasteiger partial charge in [-0.1, -0.05) is 25.1 Å². The average molecular weight is 274 g/mol. The van der Waals surface area contributed by atoms with Crippen molar-refractivity contribution in [3.8, 4) is 0 Å². The summed E-state index contributed by atoms with van der Waals surface area (Å²) in [5.74, 6) is 0.758. The first-order chi connectivity index (χ1) is 9.22. The predicted octanol–water partition coefficient (Wildman–Crippen LogP) is 3.27. The maximum absolute atomic E-state index is 5.30. The first kappa shape index (κ1) is 13.5. The van der Waals surface area contributed by atoms with Crippen molar-refractivity contribution in [3.05, 3.63) is 42.1 Å². The van der Waals surface area contributed by atoms with E-state index >= 15 is 0 Å². The molecule has 0 spiro atoms. The van der Waals surface area contributed by atoms with E-state index in [4.69, 9.17) is 12.2 Å². The molecule has 2 aromatic rings. The number of rotatable bonds is 4. The predicted molar refractivity (Wildman–Crippen MR) is 83.6 cm³/mol. The maximum atomic E-state index is 5.30. The lowest BCUT2D eigenvalue weighted by Crippen LogP contribution is -2.20. The standard InChI is InChI=1S/C14H18N4S/c1-3-11-7-5-6-8-12(11)15-14(19)16-13-9-10-18(4-2)17-13/h5-10H,3-4H2,1-2H3,(H2,15,16,17,19). The Balaban J connectivity index is 2.01. The van der Waals surface area contributed by atoms with Gasteiger partial charge in [-0.2, -0.15) is 5.10 Å². The molecule has 0 fully saturated rings. The zero-order valence-corrected chi connectivity index (χ0v) is 12.0. The van der Waals surface area contributed by atoms with Crippen LogP contribution in [0.4, 0.5) is 11.5 Å². The molecule has 0 atom stereocenters. The fraction of sp³-hybridized carbons (Fsp3) is 0.286. The molecule has 0 aliphatic rings. The van der Waals surface area contributed by atoms with Crippen molar-refractivity contribution in [1.29, 1.82) is 0 Å². The molecular formula is C14H18N4S. The molecule has 4 nitrogen and oxygen atoms in total. The lowest BCUT2D eigenvalue weighted by Gasteiger charge is -2.11. The number of aryl methyl sites for hydroxylation is 2. The topological polar surface area (TPSA) is 41.9 Å². The second-order valence-electron chi connectivity index (χ2n) is 4.15. The smallest absolute Gasteiger partial charge is 0.176 e. The summed E-state index contributed by atoms with van der Waals surface area (Å²) < 4.78 is 1.85. The Hall–Kier alpha value is -1.88. The molecule has 2 rings (SSSR count). The Morgan fingerprint density at radius 1 is 1.21 bits per heavy atom. The van der Waals surface area contributed by atoms with Crippen LogP contribution in [0.3, 0.4) is 0 Å². The molecule has 0 saturated carbocycles. The summed E-state index contributed by atoms with van der Waals surface area (Å²) in [6, 6.07) is 10.1. The average Bonchev–Trinajstić information content (AvgIpc) is 2.87. The van der Waals surface area contributed by atoms with E-state index in [9.17, 15) is 0 Å². The highest BCUT2D eigenvalue weighted by Crippen LogP contribution is 2.15. The van der Waals surface area contributed by atoms with Gasteiger partial charge in [-0.3, -0.25) is 4.68 Å². The number of thiocarbonyl (C=S) groups is 1. The molecule has 0 aliphatic carbocycles. The van der Waals surface area contributed by atoms with Gasteiger partial charge >= 0.3 is 0 Å². The number of hydrogen-bond donors (Lipinski definition) is 2. The van der Waals surface area contributed by atoms with E-state index in [0.717, 1.165) is 24.5 Å². The number of aromatic nitrogens is 2. The largest absolute Gasteiger partial charge is 0.332 e. The minimum atomic E-state index is 0.558. The summed E-state index contributed by atoms with van der Waals surface area (Å²) in [5.41, 5.74) is 2.28. The van der Waals surface area contributed by atoms with E-state index in [1.807, 2.05) is 42.1 Å². The van der Waals surface area contributed by atoms with Gasteiger partial charge < -0.3 is 10.6 Å². The lowest BCUT2D eigenvalue weighted by atomic mass is 10.1. The summed E-state index contributed by atoms with van der Waals surface area (Å²) >= 11 is 5.30. The summed E-state index contributed by atoms with van der Waals surface area (Å²) in [4.78, 5) is 0. The number of hydrogen-bond acceptors (Lipinski definition) is 2. The van der Waals surface area contributed by atoms with Crippen molar-refractivity contribution in [2.75, 3.05) is 10.6 Å². The zero-order valence-electron chi connectivity index (χ0n) is 11.2. The molecular weight excluding hydrogens is 256 g/mol. The number of nitrogens with one attached hydrogen (secondary N) is 2. The van der Waals surface area contributed by atoms with Crippen LogP contribution in [0.5, 0.6) is 0 Å². The van der Waals surface area contributed by atoms with Crippen molar-refractivity contribution < 1.29 is 0 Å². The van der Waals surface area contributed by atoms with Crippen molar-refractivity contribution in [3.63, 3.8) is 0 Å². The van der Waals surface area contributed by atoms with Crippen LogP contribution in [0.15, 0.2) is 36.5 Å². The summed E-state index contributed by atoms with van der Waals surface area (Å²) in [6.07, 6.45) is 2.89. The van der Waals surface area contributed by atoms with Crippen molar-refractivity contribution in [2.45, 2.75) is 26.8 Å². The van der Waals surface area contributed by atoms with E-state index in [1.165, 1.54) is 5.56 Å². The van der Waals surface area contributed by atoms with E-state index in [-0.39, 0.29) is 0 Å². The molecule has 0 unspecified atom stereocenters. The summed E-state index contributed by atoms with van der Waals surface area (Å²) in [7, 11) is 0. The zero-order chi connectivity index (χ0) is 13.7. The van der Waals surface area contributed by atoms with Crippen molar-refractivity contribution in [2.24, 2.45) is 0 Å².